The Morgan fingerprint density at radius 2 is 1.20 bits per heavy atom. The fraction of sp³-hybridized carbons (Fsp3) is 0.300. The number of non-ortho nitro benzene ring substituents is 2. The third-order valence-electron chi connectivity index (χ3n) is 4.41. The first-order valence-electron chi connectivity index (χ1n) is 11.1. The van der Waals surface area contributed by atoms with Crippen molar-refractivity contribution in [2.75, 3.05) is 10.9 Å². The number of anilines is 2. The molecule has 0 aliphatic rings. The second-order valence-corrected chi connectivity index (χ2v) is 10.1. The van der Waals surface area contributed by atoms with Crippen molar-refractivity contribution in [3.05, 3.63) is 76.9 Å². The van der Waals surface area contributed by atoms with Crippen LogP contribution in [-0.2, 0) is 13.6 Å². The zero-order chi connectivity index (χ0) is 30.2. The van der Waals surface area contributed by atoms with Crippen LogP contribution in [0.25, 0.3) is 0 Å². The van der Waals surface area contributed by atoms with Crippen LogP contribution >= 0.6 is 7.60 Å². The second-order valence-electron chi connectivity index (χ2n) is 8.19. The molecule has 40 heavy (non-hydrogen) atoms. The Hall–Kier alpha value is -4.87. The van der Waals surface area contributed by atoms with Gasteiger partial charge in [0, 0.05) is 12.1 Å². The third-order valence-corrected chi connectivity index (χ3v) is 6.59. The van der Waals surface area contributed by atoms with Crippen LogP contribution in [-0.4, -0.2) is 43.6 Å². The van der Waals surface area contributed by atoms with Gasteiger partial charge in [0.25, 0.3) is 11.4 Å². The molecule has 0 radical (unpaired) electrons. The highest BCUT2D eigenvalue weighted by Crippen LogP contribution is 2.51. The van der Waals surface area contributed by atoms with Gasteiger partial charge in [-0.05, 0) is 39.8 Å². The Kier molecular flexibility index (Phi) is 10.4. The van der Waals surface area contributed by atoms with E-state index in [0.29, 0.717) is 12.1 Å². The highest BCUT2D eigenvalue weighted by Gasteiger charge is 2.35. The summed E-state index contributed by atoms with van der Waals surface area (Å²) in [6.45, 7) is 6.16. The van der Waals surface area contributed by atoms with E-state index in [4.69, 9.17) is 9.05 Å². The number of rotatable bonds is 14. The fourth-order valence-corrected chi connectivity index (χ4v) is 4.63. The number of nitro groups is 4. The maximum atomic E-state index is 13.7. The number of hydrazone groups is 2. The van der Waals surface area contributed by atoms with Crippen molar-refractivity contribution in [2.45, 2.75) is 39.9 Å². The van der Waals surface area contributed by atoms with Crippen LogP contribution < -0.4 is 10.9 Å². The molecule has 2 rings (SSSR count). The number of benzene rings is 2. The summed E-state index contributed by atoms with van der Waals surface area (Å²) in [6.07, 6.45) is -0.554. The zero-order valence-corrected chi connectivity index (χ0v) is 22.2. The molecule has 0 aromatic heterocycles. The molecule has 0 unspecified atom stereocenters. The van der Waals surface area contributed by atoms with Gasteiger partial charge in [-0.15, -0.1) is 0 Å². The summed E-state index contributed by atoms with van der Waals surface area (Å²) < 4.78 is 24.7. The van der Waals surface area contributed by atoms with E-state index < -0.39 is 67.7 Å². The molecule has 0 saturated carbocycles. The van der Waals surface area contributed by atoms with E-state index in [1.807, 2.05) is 0 Å². The monoisotopic (exact) mass is 582 g/mol. The first-order chi connectivity index (χ1) is 18.6. The van der Waals surface area contributed by atoms with Gasteiger partial charge in [-0.3, -0.25) is 55.9 Å². The minimum absolute atomic E-state index is 0.269. The average Bonchev–Trinajstić information content (AvgIpc) is 2.84. The molecule has 2 aromatic carbocycles. The molecular formula is C20H23N8O11P. The van der Waals surface area contributed by atoms with Crippen LogP contribution in [0, 0.1) is 40.5 Å². The van der Waals surface area contributed by atoms with Gasteiger partial charge in [-0.1, -0.05) is 0 Å². The van der Waals surface area contributed by atoms with E-state index in [0.717, 1.165) is 30.5 Å². The molecule has 20 heteroatoms. The molecule has 0 aliphatic heterocycles. The second kappa shape index (κ2) is 13.3. The lowest BCUT2D eigenvalue weighted by Gasteiger charge is -2.22. The molecule has 0 amide bonds. The van der Waals surface area contributed by atoms with Gasteiger partial charge in [-0.25, -0.2) is 0 Å². The Morgan fingerprint density at radius 3 is 1.57 bits per heavy atom. The number of nitrogens with zero attached hydrogens (tertiary/aromatic N) is 6. The Labute approximate surface area is 225 Å². The van der Waals surface area contributed by atoms with Crippen LogP contribution in [0.1, 0.15) is 27.7 Å². The van der Waals surface area contributed by atoms with Crippen molar-refractivity contribution in [3.8, 4) is 0 Å². The summed E-state index contributed by atoms with van der Waals surface area (Å²) in [5.74, 6) is 0. The van der Waals surface area contributed by atoms with Crippen molar-refractivity contribution in [2.24, 2.45) is 10.2 Å². The van der Waals surface area contributed by atoms with Gasteiger partial charge in [0.15, 0.2) is 5.45 Å². The standard InChI is InChI=1S/C20H23N8O11P/c1-12(2)38-40(37,39-13(3)4)20(24-23-17-8-6-15(26(31)32)10-19(17)28(35)36)11-21-22-16-7-5-14(25(29)30)9-18(16)27(33)34/h5-13,22-23H,1-4H3/b21-11+,24-20-. The topological polar surface area (TPSA) is 257 Å². The SMILES string of the molecule is CC(C)OP(=O)(OC(C)C)C(/C=N/Nc1ccc([N+](=O)[O-])cc1[N+](=O)[O-])=N\Nc1ccc([N+](=O)[O-])cc1[N+](=O)[O-]. The lowest BCUT2D eigenvalue weighted by molar-refractivity contribution is -0.393. The summed E-state index contributed by atoms with van der Waals surface area (Å²) in [4.78, 5) is 41.4. The molecule has 2 aromatic rings. The smallest absolute Gasteiger partial charge is 0.301 e. The van der Waals surface area contributed by atoms with Gasteiger partial charge in [-0.2, -0.15) is 10.2 Å². The summed E-state index contributed by atoms with van der Waals surface area (Å²) in [6, 6.07) is 5.39. The van der Waals surface area contributed by atoms with Crippen molar-refractivity contribution >= 4 is 53.4 Å². The molecule has 0 saturated heterocycles. The van der Waals surface area contributed by atoms with Gasteiger partial charge in [0.1, 0.15) is 11.4 Å². The Morgan fingerprint density at radius 1 is 0.775 bits per heavy atom. The predicted octanol–water partition coefficient (Wildman–Crippen LogP) is 5.19. The quantitative estimate of drug-likeness (QED) is 0.126. The largest absolute Gasteiger partial charge is 0.383 e. The molecule has 0 fully saturated rings. The lowest BCUT2D eigenvalue weighted by Crippen LogP contribution is -2.17. The minimum Gasteiger partial charge on any atom is -0.301 e. The van der Waals surface area contributed by atoms with E-state index >= 15 is 0 Å². The van der Waals surface area contributed by atoms with Crippen LogP contribution in [0.5, 0.6) is 0 Å². The number of nitrogens with one attached hydrogen (secondary N) is 2. The molecular weight excluding hydrogens is 559 g/mol. The zero-order valence-electron chi connectivity index (χ0n) is 21.3. The predicted molar refractivity (Wildman–Crippen MR) is 143 cm³/mol. The summed E-state index contributed by atoms with van der Waals surface area (Å²) in [5, 5.41) is 52.5. The highest BCUT2D eigenvalue weighted by atomic mass is 31.2. The molecule has 19 nitrogen and oxygen atoms in total. The normalized spacial score (nSPS) is 12.1. The number of hydrogen-bond donors (Lipinski definition) is 2. The van der Waals surface area contributed by atoms with E-state index in [9.17, 15) is 45.0 Å². The van der Waals surface area contributed by atoms with E-state index in [2.05, 4.69) is 21.1 Å². The van der Waals surface area contributed by atoms with E-state index in [1.165, 1.54) is 27.7 Å². The van der Waals surface area contributed by atoms with Crippen LogP contribution in [0.2, 0.25) is 0 Å². The number of nitro benzene ring substituents is 4. The van der Waals surface area contributed by atoms with Gasteiger partial charge in [0.05, 0.1) is 50.2 Å². The minimum atomic E-state index is -4.32. The van der Waals surface area contributed by atoms with Crippen LogP contribution in [0.4, 0.5) is 34.1 Å². The number of hydrogen-bond acceptors (Lipinski definition) is 15. The summed E-state index contributed by atoms with van der Waals surface area (Å²) >= 11 is 0. The Bertz CT molecular complexity index is 1410. The maximum absolute atomic E-state index is 13.7. The first kappa shape index (κ1) is 31.3. The summed E-state index contributed by atoms with van der Waals surface area (Å²) in [5.41, 5.74) is 0.951. The highest BCUT2D eigenvalue weighted by molar-refractivity contribution is 7.75. The third kappa shape index (κ3) is 8.32. The van der Waals surface area contributed by atoms with E-state index in [1.54, 1.807) is 0 Å². The van der Waals surface area contributed by atoms with Crippen molar-refractivity contribution in [1.82, 2.24) is 0 Å². The van der Waals surface area contributed by atoms with E-state index in [-0.39, 0.29) is 11.4 Å². The van der Waals surface area contributed by atoms with Crippen LogP contribution in [0.15, 0.2) is 46.6 Å². The van der Waals surface area contributed by atoms with Crippen LogP contribution in [0.3, 0.4) is 0 Å². The van der Waals surface area contributed by atoms with Gasteiger partial charge >= 0.3 is 19.0 Å². The van der Waals surface area contributed by atoms with Crippen molar-refractivity contribution in [3.63, 3.8) is 0 Å². The average molecular weight is 582 g/mol. The fourth-order valence-electron chi connectivity index (χ4n) is 2.88. The van der Waals surface area contributed by atoms with Gasteiger partial charge in [0.2, 0.25) is 0 Å². The van der Waals surface area contributed by atoms with Crippen molar-refractivity contribution in [1.29, 1.82) is 0 Å². The molecule has 0 aliphatic carbocycles. The molecule has 0 atom stereocenters. The Balaban J connectivity index is 2.57. The maximum Gasteiger partial charge on any atom is 0.383 e. The molecule has 0 bridgehead atoms. The first-order valence-corrected chi connectivity index (χ1v) is 12.6. The molecule has 0 spiro atoms. The summed E-state index contributed by atoms with van der Waals surface area (Å²) in [7, 11) is -4.32. The van der Waals surface area contributed by atoms with Gasteiger partial charge < -0.3 is 9.05 Å². The lowest BCUT2D eigenvalue weighted by atomic mass is 10.2. The molecule has 214 valence electrons. The van der Waals surface area contributed by atoms with Crippen molar-refractivity contribution < 1.29 is 33.3 Å². The molecule has 0 heterocycles. The molecule has 2 N–H and O–H groups in total.